The zero-order valence-electron chi connectivity index (χ0n) is 18.1. The molecule has 1 aromatic heterocycles. The van der Waals surface area contributed by atoms with E-state index >= 15 is 0 Å². The second-order valence-corrected chi connectivity index (χ2v) is 8.36. The number of nitrogens with one attached hydrogen (secondary N) is 1. The van der Waals surface area contributed by atoms with E-state index in [1.807, 2.05) is 42.5 Å². The van der Waals surface area contributed by atoms with Crippen LogP contribution in [0, 0.1) is 5.92 Å². The molecule has 1 aliphatic rings. The quantitative estimate of drug-likeness (QED) is 0.554. The Labute approximate surface area is 192 Å². The van der Waals surface area contributed by atoms with Crippen LogP contribution in [-0.4, -0.2) is 47.7 Å². The highest BCUT2D eigenvalue weighted by Crippen LogP contribution is 2.25. The smallest absolute Gasteiger partial charge is 0.241 e. The van der Waals surface area contributed by atoms with Crippen LogP contribution in [-0.2, 0) is 17.8 Å². The number of methoxy groups -OCH3 is 1. The van der Waals surface area contributed by atoms with Gasteiger partial charge in [0.25, 0.3) is 0 Å². The van der Waals surface area contributed by atoms with Crippen molar-refractivity contribution in [1.82, 2.24) is 20.4 Å². The predicted molar refractivity (Wildman–Crippen MR) is 122 cm³/mol. The number of benzene rings is 2. The van der Waals surface area contributed by atoms with Gasteiger partial charge in [-0.15, -0.1) is 0 Å². The van der Waals surface area contributed by atoms with E-state index in [9.17, 15) is 4.79 Å². The number of rotatable bonds is 8. The highest BCUT2D eigenvalue weighted by atomic mass is 35.5. The van der Waals surface area contributed by atoms with Crippen molar-refractivity contribution in [2.75, 3.05) is 26.7 Å². The molecule has 0 bridgehead atoms. The molecule has 1 fully saturated rings. The fourth-order valence-corrected chi connectivity index (χ4v) is 4.16. The van der Waals surface area contributed by atoms with Crippen molar-refractivity contribution in [3.8, 4) is 17.1 Å². The van der Waals surface area contributed by atoms with Gasteiger partial charge in [0.15, 0.2) is 0 Å². The molecular weight excluding hydrogens is 428 g/mol. The van der Waals surface area contributed by atoms with Crippen LogP contribution in [0.3, 0.4) is 0 Å². The molecule has 0 radical (unpaired) electrons. The topological polar surface area (TPSA) is 80.5 Å². The first-order valence-corrected chi connectivity index (χ1v) is 11.2. The van der Waals surface area contributed by atoms with Gasteiger partial charge in [-0.05, 0) is 55.6 Å². The van der Waals surface area contributed by atoms with Crippen LogP contribution in [0.4, 0.5) is 0 Å². The molecule has 168 valence electrons. The number of likely N-dealkylation sites (tertiary alicyclic amines) is 1. The minimum Gasteiger partial charge on any atom is -0.497 e. The third kappa shape index (κ3) is 5.66. The summed E-state index contributed by atoms with van der Waals surface area (Å²) in [6.07, 6.45) is 2.64. The van der Waals surface area contributed by atoms with E-state index in [4.69, 9.17) is 20.9 Å². The Morgan fingerprint density at radius 1 is 1.25 bits per heavy atom. The minimum absolute atomic E-state index is 0.0365. The van der Waals surface area contributed by atoms with Crippen molar-refractivity contribution in [2.24, 2.45) is 5.92 Å². The Kier molecular flexibility index (Phi) is 7.39. The van der Waals surface area contributed by atoms with Crippen molar-refractivity contribution < 1.29 is 14.1 Å². The van der Waals surface area contributed by atoms with Crippen molar-refractivity contribution in [2.45, 2.75) is 25.8 Å². The van der Waals surface area contributed by atoms with Crippen molar-refractivity contribution >= 4 is 17.5 Å². The third-order valence-electron chi connectivity index (χ3n) is 5.69. The summed E-state index contributed by atoms with van der Waals surface area (Å²) in [4.78, 5) is 19.4. The molecule has 7 nitrogen and oxygen atoms in total. The molecule has 1 aliphatic heterocycles. The van der Waals surface area contributed by atoms with Gasteiger partial charge in [0.2, 0.25) is 17.6 Å². The number of halogens is 1. The maximum absolute atomic E-state index is 12.7. The Hall–Kier alpha value is -2.90. The van der Waals surface area contributed by atoms with E-state index < -0.39 is 0 Å². The molecule has 2 heterocycles. The van der Waals surface area contributed by atoms with Crippen LogP contribution < -0.4 is 10.1 Å². The van der Waals surface area contributed by atoms with Gasteiger partial charge in [-0.3, -0.25) is 9.69 Å². The lowest BCUT2D eigenvalue weighted by Gasteiger charge is -2.30. The average Bonchev–Trinajstić information content (AvgIpc) is 3.28. The summed E-state index contributed by atoms with van der Waals surface area (Å²) in [6.45, 7) is 2.72. The van der Waals surface area contributed by atoms with Crippen molar-refractivity contribution in [3.63, 3.8) is 0 Å². The van der Waals surface area contributed by atoms with Gasteiger partial charge in [0.1, 0.15) is 5.75 Å². The number of hydrogen-bond acceptors (Lipinski definition) is 6. The van der Waals surface area contributed by atoms with E-state index in [0.29, 0.717) is 36.4 Å². The van der Waals surface area contributed by atoms with Crippen molar-refractivity contribution in [3.05, 3.63) is 65.0 Å². The molecular formula is C24H27ClN4O3. The van der Waals surface area contributed by atoms with E-state index in [-0.39, 0.29) is 11.8 Å². The zero-order chi connectivity index (χ0) is 22.3. The van der Waals surface area contributed by atoms with Gasteiger partial charge in [0, 0.05) is 18.7 Å². The average molecular weight is 455 g/mol. The van der Waals surface area contributed by atoms with Gasteiger partial charge in [-0.1, -0.05) is 41.0 Å². The lowest BCUT2D eigenvalue weighted by molar-refractivity contribution is -0.126. The summed E-state index contributed by atoms with van der Waals surface area (Å²) in [6, 6.07) is 15.3. The molecule has 8 heteroatoms. The number of nitrogens with zero attached hydrogens (tertiary/aromatic N) is 3. The van der Waals surface area contributed by atoms with Crippen molar-refractivity contribution in [1.29, 1.82) is 0 Å². The van der Waals surface area contributed by atoms with Crippen LogP contribution in [0.5, 0.6) is 5.75 Å². The largest absolute Gasteiger partial charge is 0.497 e. The first-order chi connectivity index (χ1) is 15.6. The predicted octanol–water partition coefficient (Wildman–Crippen LogP) is 3.97. The fourth-order valence-electron chi connectivity index (χ4n) is 3.94. The van der Waals surface area contributed by atoms with E-state index in [1.54, 1.807) is 13.2 Å². The molecule has 0 saturated carbocycles. The summed E-state index contributed by atoms with van der Waals surface area (Å²) in [7, 11) is 1.65. The summed E-state index contributed by atoms with van der Waals surface area (Å²) < 4.78 is 10.6. The number of amides is 1. The molecule has 0 spiro atoms. The molecule has 0 aliphatic carbocycles. The van der Waals surface area contributed by atoms with Gasteiger partial charge < -0.3 is 14.6 Å². The van der Waals surface area contributed by atoms with Gasteiger partial charge >= 0.3 is 0 Å². The number of hydrogen-bond donors (Lipinski definition) is 1. The van der Waals surface area contributed by atoms with E-state index in [2.05, 4.69) is 20.4 Å². The highest BCUT2D eigenvalue weighted by Gasteiger charge is 2.26. The Morgan fingerprint density at radius 3 is 2.84 bits per heavy atom. The Bertz CT molecular complexity index is 1040. The summed E-state index contributed by atoms with van der Waals surface area (Å²) in [5, 5.41) is 7.73. The maximum Gasteiger partial charge on any atom is 0.241 e. The van der Waals surface area contributed by atoms with Gasteiger partial charge in [0.05, 0.1) is 24.6 Å². The molecule has 32 heavy (non-hydrogen) atoms. The number of carbonyl (C=O) groups excluding carboxylic acids is 1. The monoisotopic (exact) mass is 454 g/mol. The molecule has 1 N–H and O–H groups in total. The summed E-state index contributed by atoms with van der Waals surface area (Å²) in [5.41, 5.74) is 1.92. The standard InChI is InChI=1S/C24H27ClN4O3/c1-31-19-10-8-17(9-11-19)12-13-26-24(30)18-5-4-14-29(15-18)16-22-27-23(28-32-22)20-6-2-3-7-21(20)25/h2-3,6-11,18H,4-5,12-16H2,1H3,(H,26,30). The molecule has 1 unspecified atom stereocenters. The maximum atomic E-state index is 12.7. The zero-order valence-corrected chi connectivity index (χ0v) is 18.8. The third-order valence-corrected chi connectivity index (χ3v) is 6.02. The normalized spacial score (nSPS) is 16.6. The van der Waals surface area contributed by atoms with Crippen LogP contribution in [0.1, 0.15) is 24.3 Å². The first-order valence-electron chi connectivity index (χ1n) is 10.8. The lowest BCUT2D eigenvalue weighted by Crippen LogP contribution is -2.43. The summed E-state index contributed by atoms with van der Waals surface area (Å²) in [5.74, 6) is 1.91. The van der Waals surface area contributed by atoms with E-state index in [1.165, 1.54) is 5.56 Å². The van der Waals surface area contributed by atoms with Crippen LogP contribution in [0.25, 0.3) is 11.4 Å². The molecule has 1 atom stereocenters. The Balaban J connectivity index is 1.26. The lowest BCUT2D eigenvalue weighted by atomic mass is 9.97. The SMILES string of the molecule is COc1ccc(CCNC(=O)C2CCCN(Cc3nc(-c4ccccc4Cl)no3)C2)cc1. The number of aromatic nitrogens is 2. The van der Waals surface area contributed by atoms with E-state index in [0.717, 1.165) is 37.1 Å². The van der Waals surface area contributed by atoms with Gasteiger partial charge in [-0.25, -0.2) is 0 Å². The first kappa shape index (κ1) is 22.3. The summed E-state index contributed by atoms with van der Waals surface area (Å²) >= 11 is 6.23. The van der Waals surface area contributed by atoms with Gasteiger partial charge in [-0.2, -0.15) is 4.98 Å². The molecule has 1 amide bonds. The number of carbonyl (C=O) groups is 1. The number of piperidine rings is 1. The van der Waals surface area contributed by atoms with Crippen LogP contribution >= 0.6 is 11.6 Å². The number of ether oxygens (including phenoxy) is 1. The fraction of sp³-hybridized carbons (Fsp3) is 0.375. The highest BCUT2D eigenvalue weighted by molar-refractivity contribution is 6.33. The molecule has 4 rings (SSSR count). The second kappa shape index (κ2) is 10.6. The Morgan fingerprint density at radius 2 is 2.06 bits per heavy atom. The molecule has 3 aromatic rings. The van der Waals surface area contributed by atoms with Crippen LogP contribution in [0.15, 0.2) is 53.1 Å². The molecule has 1 saturated heterocycles. The minimum atomic E-state index is -0.0365. The molecule has 2 aromatic carbocycles. The second-order valence-electron chi connectivity index (χ2n) is 7.95. The van der Waals surface area contributed by atoms with Crippen LogP contribution in [0.2, 0.25) is 5.02 Å².